The number of aliphatic hydroxyl groups excluding tert-OH is 1. The highest BCUT2D eigenvalue weighted by Crippen LogP contribution is 2.35. The van der Waals surface area contributed by atoms with E-state index in [1.807, 2.05) is 22.6 Å². The Morgan fingerprint density at radius 2 is 1.71 bits per heavy atom. The van der Waals surface area contributed by atoms with Crippen molar-refractivity contribution in [3.8, 4) is 0 Å². The predicted octanol–water partition coefficient (Wildman–Crippen LogP) is 0.181. The third kappa shape index (κ3) is 2.59. The highest BCUT2D eigenvalue weighted by Gasteiger charge is 2.53. The molecule has 1 unspecified atom stereocenters. The Hall–Kier alpha value is -0.700. The predicted molar refractivity (Wildman–Crippen MR) is 68.5 cm³/mol. The molecule has 1 atom stereocenters. The lowest BCUT2D eigenvalue weighted by Gasteiger charge is -2.38. The van der Waals surface area contributed by atoms with E-state index in [0.29, 0.717) is 4.43 Å². The first-order valence-corrected chi connectivity index (χ1v) is 6.78. The number of halogens is 1. The second-order valence-corrected chi connectivity index (χ2v) is 5.26. The highest BCUT2D eigenvalue weighted by atomic mass is 127. The Labute approximate surface area is 113 Å². The number of hydrogen-bond acceptors (Lipinski definition) is 4. The third-order valence-electron chi connectivity index (χ3n) is 2.99. The first-order chi connectivity index (χ1) is 7.84. The summed E-state index contributed by atoms with van der Waals surface area (Å²) >= 11 is 1.98. The molecule has 1 heterocycles. The Kier molecular flexibility index (Phi) is 4.48. The molecule has 7 heteroatoms. The summed E-state index contributed by atoms with van der Waals surface area (Å²) in [5.74, 6) is -1.58. The van der Waals surface area contributed by atoms with Crippen molar-refractivity contribution < 1.29 is 19.5 Å². The molecule has 96 valence electrons. The number of rotatable bonds is 4. The van der Waals surface area contributed by atoms with Crippen LogP contribution in [0.25, 0.3) is 0 Å². The molecule has 0 saturated carbocycles. The summed E-state index contributed by atoms with van der Waals surface area (Å²) in [5, 5.41) is 13.8. The molecule has 1 aliphatic rings. The summed E-state index contributed by atoms with van der Waals surface area (Å²) in [6.45, 7) is 3.43. The van der Waals surface area contributed by atoms with Crippen LogP contribution in [0.5, 0.6) is 0 Å². The largest absolute Gasteiger partial charge is 0.392 e. The number of aliphatic hydroxyl groups is 1. The maximum Gasteiger partial charge on any atom is 0.328 e. The van der Waals surface area contributed by atoms with Crippen LogP contribution in [-0.2, 0) is 9.59 Å². The molecular weight excluding hydrogens is 339 g/mol. The lowest BCUT2D eigenvalue weighted by Crippen LogP contribution is -2.65. The van der Waals surface area contributed by atoms with Crippen molar-refractivity contribution in [1.29, 1.82) is 0 Å². The molecule has 0 aromatic rings. The van der Waals surface area contributed by atoms with Gasteiger partial charge in [-0.25, -0.2) is 4.79 Å². The average molecular weight is 354 g/mol. The van der Waals surface area contributed by atoms with Gasteiger partial charge in [0, 0.05) is 4.43 Å². The maximum absolute atomic E-state index is 11.9. The van der Waals surface area contributed by atoms with Gasteiger partial charge in [-0.05, 0) is 12.3 Å². The van der Waals surface area contributed by atoms with Gasteiger partial charge in [0.15, 0.2) is 0 Å². The Balaban J connectivity index is 3.09. The summed E-state index contributed by atoms with van der Waals surface area (Å²) < 4.78 is 0.417. The lowest BCUT2D eigenvalue weighted by atomic mass is 9.70. The number of nitrogens with one attached hydrogen (secondary N) is 2. The van der Waals surface area contributed by atoms with Crippen molar-refractivity contribution in [2.24, 2.45) is 11.3 Å². The minimum absolute atomic E-state index is 0.0125. The monoisotopic (exact) mass is 354 g/mol. The number of amides is 4. The lowest BCUT2D eigenvalue weighted by molar-refractivity contribution is -0.150. The van der Waals surface area contributed by atoms with Crippen LogP contribution in [0.4, 0.5) is 4.79 Å². The molecule has 1 aliphatic heterocycles. The molecule has 3 N–H and O–H groups in total. The van der Waals surface area contributed by atoms with Crippen molar-refractivity contribution in [3.05, 3.63) is 0 Å². The second kappa shape index (κ2) is 5.30. The molecule has 0 aromatic heterocycles. The minimum Gasteiger partial charge on any atom is -0.392 e. The first kappa shape index (κ1) is 14.4. The second-order valence-electron chi connectivity index (χ2n) is 4.38. The number of imide groups is 2. The van der Waals surface area contributed by atoms with Gasteiger partial charge >= 0.3 is 6.03 Å². The van der Waals surface area contributed by atoms with Crippen LogP contribution in [0.15, 0.2) is 0 Å². The SMILES string of the molecule is CC(C)C1(CC(O)CI)C(=O)NC(=O)NC1=O. The molecule has 0 spiro atoms. The third-order valence-corrected chi connectivity index (χ3v) is 4.00. The molecule has 0 aromatic carbocycles. The molecule has 1 saturated heterocycles. The number of carbonyl (C=O) groups is 3. The van der Waals surface area contributed by atoms with Crippen LogP contribution in [0, 0.1) is 11.3 Å². The first-order valence-electron chi connectivity index (χ1n) is 5.25. The van der Waals surface area contributed by atoms with E-state index in [1.165, 1.54) is 0 Å². The van der Waals surface area contributed by atoms with Gasteiger partial charge < -0.3 is 5.11 Å². The van der Waals surface area contributed by atoms with Crippen molar-refractivity contribution >= 4 is 40.4 Å². The van der Waals surface area contributed by atoms with Crippen molar-refractivity contribution in [2.45, 2.75) is 26.4 Å². The van der Waals surface area contributed by atoms with Crippen LogP contribution >= 0.6 is 22.6 Å². The van der Waals surface area contributed by atoms with E-state index in [1.54, 1.807) is 13.8 Å². The Bertz CT molecular complexity index is 336. The molecule has 0 bridgehead atoms. The molecule has 6 nitrogen and oxygen atoms in total. The number of carbonyl (C=O) groups excluding carboxylic acids is 3. The van der Waals surface area contributed by atoms with Gasteiger partial charge in [0.2, 0.25) is 11.8 Å². The summed E-state index contributed by atoms with van der Waals surface area (Å²) in [4.78, 5) is 34.9. The molecule has 1 fully saturated rings. The normalized spacial score (nSPS) is 21.1. The van der Waals surface area contributed by atoms with Crippen molar-refractivity contribution in [2.75, 3.05) is 4.43 Å². The molecular formula is C10H15IN2O4. The van der Waals surface area contributed by atoms with Crippen LogP contribution in [0.1, 0.15) is 20.3 Å². The van der Waals surface area contributed by atoms with Gasteiger partial charge in [0.1, 0.15) is 5.41 Å². The zero-order valence-corrected chi connectivity index (χ0v) is 11.8. The molecule has 0 aliphatic carbocycles. The van der Waals surface area contributed by atoms with E-state index in [4.69, 9.17) is 0 Å². The van der Waals surface area contributed by atoms with Crippen LogP contribution in [0.2, 0.25) is 0 Å². The number of urea groups is 1. The topological polar surface area (TPSA) is 95.5 Å². The standard InChI is InChI=1S/C10H15IN2O4/c1-5(2)10(3-6(14)4-11)7(15)12-9(17)13-8(10)16/h5-6,14H,3-4H2,1-2H3,(H2,12,13,15,16,17). The fourth-order valence-corrected chi connectivity index (χ4v) is 2.25. The summed E-state index contributed by atoms with van der Waals surface area (Å²) in [5.41, 5.74) is -1.38. The highest BCUT2D eigenvalue weighted by molar-refractivity contribution is 14.1. The van der Waals surface area contributed by atoms with E-state index < -0.39 is 29.4 Å². The minimum atomic E-state index is -1.38. The zero-order valence-electron chi connectivity index (χ0n) is 9.62. The smallest absolute Gasteiger partial charge is 0.328 e. The molecule has 1 rings (SSSR count). The quantitative estimate of drug-likeness (QED) is 0.381. The fourth-order valence-electron chi connectivity index (χ4n) is 1.94. The van der Waals surface area contributed by atoms with Crippen molar-refractivity contribution in [1.82, 2.24) is 10.6 Å². The Morgan fingerprint density at radius 1 is 1.24 bits per heavy atom. The Morgan fingerprint density at radius 3 is 2.06 bits per heavy atom. The summed E-state index contributed by atoms with van der Waals surface area (Å²) in [7, 11) is 0. The molecule has 4 amide bonds. The van der Waals surface area contributed by atoms with Gasteiger partial charge in [0.05, 0.1) is 6.10 Å². The van der Waals surface area contributed by atoms with E-state index in [0.717, 1.165) is 0 Å². The number of hydrogen-bond donors (Lipinski definition) is 3. The molecule has 17 heavy (non-hydrogen) atoms. The van der Waals surface area contributed by atoms with Crippen LogP contribution in [-0.4, -0.2) is 33.5 Å². The van der Waals surface area contributed by atoms with Crippen LogP contribution < -0.4 is 10.6 Å². The van der Waals surface area contributed by atoms with Crippen LogP contribution in [0.3, 0.4) is 0 Å². The molecule has 0 radical (unpaired) electrons. The number of alkyl halides is 1. The van der Waals surface area contributed by atoms with Gasteiger partial charge in [-0.2, -0.15) is 0 Å². The summed E-state index contributed by atoms with van der Waals surface area (Å²) in [6.07, 6.45) is -0.749. The van der Waals surface area contributed by atoms with E-state index >= 15 is 0 Å². The van der Waals surface area contributed by atoms with Gasteiger partial charge in [-0.15, -0.1) is 0 Å². The maximum atomic E-state index is 11.9. The van der Waals surface area contributed by atoms with Crippen molar-refractivity contribution in [3.63, 3.8) is 0 Å². The average Bonchev–Trinajstić information content (AvgIpc) is 2.22. The van der Waals surface area contributed by atoms with E-state index in [9.17, 15) is 19.5 Å². The van der Waals surface area contributed by atoms with Gasteiger partial charge in [0.25, 0.3) is 0 Å². The fraction of sp³-hybridized carbons (Fsp3) is 0.700. The van der Waals surface area contributed by atoms with E-state index in [-0.39, 0.29) is 12.3 Å². The number of barbiturate groups is 1. The summed E-state index contributed by atoms with van der Waals surface area (Å²) in [6, 6.07) is -0.805. The van der Waals surface area contributed by atoms with Gasteiger partial charge in [-0.1, -0.05) is 36.4 Å². The van der Waals surface area contributed by atoms with Gasteiger partial charge in [-0.3, -0.25) is 20.2 Å². The zero-order chi connectivity index (χ0) is 13.2. The van der Waals surface area contributed by atoms with E-state index in [2.05, 4.69) is 10.6 Å².